The lowest BCUT2D eigenvalue weighted by molar-refractivity contribution is -0.139. The zero-order valence-corrected chi connectivity index (χ0v) is 7.06. The molecule has 5 heteroatoms. The van der Waals surface area contributed by atoms with Crippen molar-refractivity contribution < 1.29 is 9.18 Å². The second kappa shape index (κ2) is 3.16. The van der Waals surface area contributed by atoms with Crippen molar-refractivity contribution in [2.75, 3.05) is 13.1 Å². The van der Waals surface area contributed by atoms with Crippen LogP contribution in [0.3, 0.4) is 0 Å². The molecular weight excluding hydrogens is 173 g/mol. The van der Waals surface area contributed by atoms with Crippen LogP contribution in [0.4, 0.5) is 4.39 Å². The van der Waals surface area contributed by atoms with Crippen LogP contribution in [0.5, 0.6) is 0 Å². The summed E-state index contributed by atoms with van der Waals surface area (Å²) in [5.41, 5.74) is 0. The standard InChI is InChI=1S/C8H10FN3O/c9-7-4-11(5-7)8(13)6-12-3-1-2-10-12/h1-3,7H,4-6H2. The number of rotatable bonds is 2. The number of alkyl halides is 1. The lowest BCUT2D eigenvalue weighted by atomic mass is 10.2. The van der Waals surface area contributed by atoms with Crippen molar-refractivity contribution >= 4 is 5.91 Å². The van der Waals surface area contributed by atoms with Crippen molar-refractivity contribution in [1.29, 1.82) is 0 Å². The number of hydrogen-bond acceptors (Lipinski definition) is 2. The molecule has 1 aliphatic rings. The van der Waals surface area contributed by atoms with Crippen molar-refractivity contribution in [1.82, 2.24) is 14.7 Å². The van der Waals surface area contributed by atoms with E-state index in [4.69, 9.17) is 0 Å². The molecule has 2 rings (SSSR count). The highest BCUT2D eigenvalue weighted by molar-refractivity contribution is 5.76. The molecule has 70 valence electrons. The SMILES string of the molecule is O=C(Cn1cccn1)N1CC(F)C1. The Balaban J connectivity index is 1.86. The summed E-state index contributed by atoms with van der Waals surface area (Å²) in [6, 6.07) is 1.75. The lowest BCUT2D eigenvalue weighted by Crippen LogP contribution is -2.52. The minimum absolute atomic E-state index is 0.0717. The summed E-state index contributed by atoms with van der Waals surface area (Å²) >= 11 is 0. The molecule has 0 spiro atoms. The van der Waals surface area contributed by atoms with E-state index in [1.807, 2.05) is 0 Å². The molecule has 0 unspecified atom stereocenters. The van der Waals surface area contributed by atoms with Gasteiger partial charge in [-0.25, -0.2) is 4.39 Å². The molecule has 1 aliphatic heterocycles. The second-order valence-corrected chi connectivity index (χ2v) is 3.10. The molecule has 4 nitrogen and oxygen atoms in total. The predicted molar refractivity (Wildman–Crippen MR) is 43.7 cm³/mol. The number of aromatic nitrogens is 2. The average molecular weight is 183 g/mol. The molecule has 1 aromatic rings. The van der Waals surface area contributed by atoms with Gasteiger partial charge in [0.15, 0.2) is 0 Å². The molecule has 0 saturated carbocycles. The third-order valence-electron chi connectivity index (χ3n) is 2.05. The van der Waals surface area contributed by atoms with Crippen LogP contribution in [0.25, 0.3) is 0 Å². The quantitative estimate of drug-likeness (QED) is 0.650. The van der Waals surface area contributed by atoms with Gasteiger partial charge in [0, 0.05) is 12.4 Å². The highest BCUT2D eigenvalue weighted by Crippen LogP contribution is 2.11. The maximum absolute atomic E-state index is 12.4. The van der Waals surface area contributed by atoms with E-state index in [1.165, 1.54) is 9.58 Å². The van der Waals surface area contributed by atoms with Crippen molar-refractivity contribution in [3.63, 3.8) is 0 Å². The third kappa shape index (κ3) is 1.68. The van der Waals surface area contributed by atoms with Crippen LogP contribution in [0.2, 0.25) is 0 Å². The minimum Gasteiger partial charge on any atom is -0.335 e. The van der Waals surface area contributed by atoms with Gasteiger partial charge < -0.3 is 4.90 Å². The van der Waals surface area contributed by atoms with Gasteiger partial charge in [0.2, 0.25) is 5.91 Å². The van der Waals surface area contributed by atoms with Crippen molar-refractivity contribution in [3.05, 3.63) is 18.5 Å². The summed E-state index contributed by atoms with van der Waals surface area (Å²) in [6.07, 6.45) is 2.49. The van der Waals surface area contributed by atoms with E-state index in [-0.39, 0.29) is 25.5 Å². The van der Waals surface area contributed by atoms with Crippen LogP contribution in [0.1, 0.15) is 0 Å². The fraction of sp³-hybridized carbons (Fsp3) is 0.500. The van der Waals surface area contributed by atoms with Gasteiger partial charge in [0.25, 0.3) is 0 Å². The number of halogens is 1. The summed E-state index contributed by atoms with van der Waals surface area (Å²) in [5, 5.41) is 3.89. The number of likely N-dealkylation sites (tertiary alicyclic amines) is 1. The Bertz CT molecular complexity index is 292. The van der Waals surface area contributed by atoms with E-state index in [0.717, 1.165) is 0 Å². The van der Waals surface area contributed by atoms with Gasteiger partial charge in [-0.05, 0) is 6.07 Å². The smallest absolute Gasteiger partial charge is 0.244 e. The summed E-state index contributed by atoms with van der Waals surface area (Å²) < 4.78 is 13.9. The molecule has 1 fully saturated rings. The van der Waals surface area contributed by atoms with Gasteiger partial charge in [-0.15, -0.1) is 0 Å². The van der Waals surface area contributed by atoms with Crippen LogP contribution in [0, 0.1) is 0 Å². The van der Waals surface area contributed by atoms with Crippen molar-refractivity contribution in [2.24, 2.45) is 0 Å². The molecule has 1 aromatic heterocycles. The first kappa shape index (κ1) is 8.22. The summed E-state index contributed by atoms with van der Waals surface area (Å²) in [4.78, 5) is 12.8. The van der Waals surface area contributed by atoms with Crippen LogP contribution < -0.4 is 0 Å². The van der Waals surface area contributed by atoms with Gasteiger partial charge in [-0.1, -0.05) is 0 Å². The third-order valence-corrected chi connectivity index (χ3v) is 2.05. The topological polar surface area (TPSA) is 38.1 Å². The van der Waals surface area contributed by atoms with Crippen LogP contribution in [-0.2, 0) is 11.3 Å². The Morgan fingerprint density at radius 2 is 2.38 bits per heavy atom. The number of carbonyl (C=O) groups excluding carboxylic acids is 1. The maximum atomic E-state index is 12.4. The van der Waals surface area contributed by atoms with Gasteiger partial charge in [0.1, 0.15) is 12.7 Å². The summed E-state index contributed by atoms with van der Waals surface area (Å²) in [5.74, 6) is -0.0717. The Kier molecular flexibility index (Phi) is 2.00. The number of amides is 1. The molecule has 0 bridgehead atoms. The Hall–Kier alpha value is -1.39. The van der Waals surface area contributed by atoms with Gasteiger partial charge >= 0.3 is 0 Å². The maximum Gasteiger partial charge on any atom is 0.244 e. The molecule has 0 atom stereocenters. The first-order valence-corrected chi connectivity index (χ1v) is 4.15. The largest absolute Gasteiger partial charge is 0.335 e. The second-order valence-electron chi connectivity index (χ2n) is 3.10. The number of hydrogen-bond donors (Lipinski definition) is 0. The van der Waals surface area contributed by atoms with E-state index in [0.29, 0.717) is 0 Å². The first-order valence-electron chi connectivity index (χ1n) is 4.15. The van der Waals surface area contributed by atoms with Gasteiger partial charge in [-0.2, -0.15) is 5.10 Å². The molecule has 1 saturated heterocycles. The molecule has 2 heterocycles. The molecule has 0 radical (unpaired) electrons. The fourth-order valence-corrected chi connectivity index (χ4v) is 1.26. The Morgan fingerprint density at radius 1 is 1.62 bits per heavy atom. The van der Waals surface area contributed by atoms with Gasteiger partial charge in [0.05, 0.1) is 13.1 Å². The lowest BCUT2D eigenvalue weighted by Gasteiger charge is -2.34. The fourth-order valence-electron chi connectivity index (χ4n) is 1.26. The van der Waals surface area contributed by atoms with E-state index in [1.54, 1.807) is 18.5 Å². The highest BCUT2D eigenvalue weighted by Gasteiger charge is 2.30. The van der Waals surface area contributed by atoms with Gasteiger partial charge in [-0.3, -0.25) is 9.48 Å². The van der Waals surface area contributed by atoms with E-state index < -0.39 is 6.17 Å². The Labute approximate surface area is 74.9 Å². The summed E-state index contributed by atoms with van der Waals surface area (Å²) in [6.45, 7) is 0.680. The van der Waals surface area contributed by atoms with Crippen LogP contribution >= 0.6 is 0 Å². The highest BCUT2D eigenvalue weighted by atomic mass is 19.1. The summed E-state index contributed by atoms with van der Waals surface area (Å²) in [7, 11) is 0. The zero-order chi connectivity index (χ0) is 9.26. The van der Waals surface area contributed by atoms with E-state index in [2.05, 4.69) is 5.10 Å². The number of nitrogens with zero attached hydrogens (tertiary/aromatic N) is 3. The monoisotopic (exact) mass is 183 g/mol. The van der Waals surface area contributed by atoms with Crippen molar-refractivity contribution in [3.8, 4) is 0 Å². The van der Waals surface area contributed by atoms with Crippen molar-refractivity contribution in [2.45, 2.75) is 12.7 Å². The Morgan fingerprint density at radius 3 is 2.92 bits per heavy atom. The van der Waals surface area contributed by atoms with Crippen LogP contribution in [-0.4, -0.2) is 39.8 Å². The molecule has 13 heavy (non-hydrogen) atoms. The average Bonchev–Trinajstić information content (AvgIpc) is 2.51. The zero-order valence-electron chi connectivity index (χ0n) is 7.06. The van der Waals surface area contributed by atoms with E-state index in [9.17, 15) is 9.18 Å². The minimum atomic E-state index is -0.832. The normalized spacial score (nSPS) is 17.2. The van der Waals surface area contributed by atoms with E-state index >= 15 is 0 Å². The molecule has 1 amide bonds. The molecule has 0 N–H and O–H groups in total. The van der Waals surface area contributed by atoms with Crippen LogP contribution in [0.15, 0.2) is 18.5 Å². The molecule has 0 aromatic carbocycles. The molecule has 0 aliphatic carbocycles. The molecular formula is C8H10FN3O. The first-order chi connectivity index (χ1) is 6.25. The number of carbonyl (C=O) groups is 1. The predicted octanol–water partition coefficient (Wildman–Crippen LogP) is 0.0634.